The molecule has 1 aromatic carbocycles. The second kappa shape index (κ2) is 6.26. The molecule has 0 radical (unpaired) electrons. The highest BCUT2D eigenvalue weighted by Gasteiger charge is 2.27. The van der Waals surface area contributed by atoms with Gasteiger partial charge in [-0.15, -0.1) is 0 Å². The lowest BCUT2D eigenvalue weighted by atomic mass is 10.0. The summed E-state index contributed by atoms with van der Waals surface area (Å²) in [6.07, 6.45) is 6.12. The van der Waals surface area contributed by atoms with Crippen LogP contribution in [0.5, 0.6) is 0 Å². The predicted octanol–water partition coefficient (Wildman–Crippen LogP) is 3.49. The maximum atomic E-state index is 8.93. The summed E-state index contributed by atoms with van der Waals surface area (Å²) in [6.45, 7) is 2.19. The summed E-state index contributed by atoms with van der Waals surface area (Å²) in [6, 6.07) is 11.0. The third-order valence-electron chi connectivity index (χ3n) is 3.74. The SMILES string of the molecule is CSC1CCCC1NC(C)c1cccc(C#N)c1. The molecule has 1 N–H and O–H groups in total. The fourth-order valence-electron chi connectivity index (χ4n) is 2.69. The molecule has 1 aliphatic carbocycles. The van der Waals surface area contributed by atoms with E-state index in [1.165, 1.54) is 24.8 Å². The van der Waals surface area contributed by atoms with Crippen LogP contribution in [0, 0.1) is 11.3 Å². The van der Waals surface area contributed by atoms with Gasteiger partial charge in [-0.25, -0.2) is 0 Å². The fourth-order valence-corrected chi connectivity index (χ4v) is 3.64. The number of nitriles is 1. The average molecular weight is 260 g/mol. The molecule has 1 fully saturated rings. The molecule has 0 bridgehead atoms. The van der Waals surface area contributed by atoms with Gasteiger partial charge in [0.25, 0.3) is 0 Å². The monoisotopic (exact) mass is 260 g/mol. The summed E-state index contributed by atoms with van der Waals surface area (Å²) in [7, 11) is 0. The van der Waals surface area contributed by atoms with E-state index < -0.39 is 0 Å². The lowest BCUT2D eigenvalue weighted by molar-refractivity contribution is 0.467. The van der Waals surface area contributed by atoms with Crippen molar-refractivity contribution in [2.45, 2.75) is 43.5 Å². The van der Waals surface area contributed by atoms with Gasteiger partial charge in [-0.3, -0.25) is 0 Å². The molecule has 1 saturated carbocycles. The van der Waals surface area contributed by atoms with Crippen molar-refractivity contribution in [3.8, 4) is 6.07 Å². The largest absolute Gasteiger partial charge is 0.306 e. The number of hydrogen-bond donors (Lipinski definition) is 1. The minimum absolute atomic E-state index is 0.316. The molecule has 18 heavy (non-hydrogen) atoms. The number of nitrogens with zero attached hydrogens (tertiary/aromatic N) is 1. The van der Waals surface area contributed by atoms with E-state index in [1.54, 1.807) is 0 Å². The molecule has 3 heteroatoms. The van der Waals surface area contributed by atoms with E-state index in [0.717, 1.165) is 10.8 Å². The summed E-state index contributed by atoms with van der Waals surface area (Å²) in [4.78, 5) is 0. The number of rotatable bonds is 4. The molecule has 0 aliphatic heterocycles. The molecule has 0 aromatic heterocycles. The van der Waals surface area contributed by atoms with Crippen molar-refractivity contribution in [1.82, 2.24) is 5.32 Å². The Labute approximate surface area is 114 Å². The first-order valence-corrected chi connectivity index (χ1v) is 7.82. The van der Waals surface area contributed by atoms with Gasteiger partial charge in [0.15, 0.2) is 0 Å². The smallest absolute Gasteiger partial charge is 0.0991 e. The Hall–Kier alpha value is -0.980. The molecule has 0 amide bonds. The molecule has 96 valence electrons. The van der Waals surface area contributed by atoms with Crippen molar-refractivity contribution in [3.05, 3.63) is 35.4 Å². The minimum Gasteiger partial charge on any atom is -0.306 e. The number of nitrogens with one attached hydrogen (secondary N) is 1. The van der Waals surface area contributed by atoms with Crippen molar-refractivity contribution < 1.29 is 0 Å². The summed E-state index contributed by atoms with van der Waals surface area (Å²) < 4.78 is 0. The van der Waals surface area contributed by atoms with Crippen LogP contribution in [-0.4, -0.2) is 17.5 Å². The number of benzene rings is 1. The summed E-state index contributed by atoms with van der Waals surface area (Å²) in [5.74, 6) is 0. The van der Waals surface area contributed by atoms with Crippen molar-refractivity contribution in [2.24, 2.45) is 0 Å². The van der Waals surface area contributed by atoms with Crippen molar-refractivity contribution >= 4 is 11.8 Å². The van der Waals surface area contributed by atoms with Crippen LogP contribution in [0.15, 0.2) is 24.3 Å². The van der Waals surface area contributed by atoms with E-state index in [4.69, 9.17) is 5.26 Å². The zero-order chi connectivity index (χ0) is 13.0. The number of thioether (sulfide) groups is 1. The topological polar surface area (TPSA) is 35.8 Å². The first kappa shape index (κ1) is 13.5. The van der Waals surface area contributed by atoms with Crippen LogP contribution in [0.3, 0.4) is 0 Å². The van der Waals surface area contributed by atoms with E-state index >= 15 is 0 Å². The molecule has 3 atom stereocenters. The van der Waals surface area contributed by atoms with Crippen LogP contribution in [0.4, 0.5) is 0 Å². The fraction of sp³-hybridized carbons (Fsp3) is 0.533. The van der Waals surface area contributed by atoms with Crippen molar-refractivity contribution in [2.75, 3.05) is 6.26 Å². The molecule has 1 aliphatic rings. The third-order valence-corrected chi connectivity index (χ3v) is 4.90. The Bertz CT molecular complexity index is 438. The molecule has 0 saturated heterocycles. The van der Waals surface area contributed by atoms with Gasteiger partial charge in [0.1, 0.15) is 0 Å². The van der Waals surface area contributed by atoms with Gasteiger partial charge in [-0.2, -0.15) is 17.0 Å². The molecular weight excluding hydrogens is 240 g/mol. The molecule has 1 aromatic rings. The standard InChI is InChI=1S/C15H20N2S/c1-11(13-6-3-5-12(9-13)10-16)17-14-7-4-8-15(14)18-2/h3,5-6,9,11,14-15,17H,4,7-8H2,1-2H3. The Morgan fingerprint density at radius 1 is 1.44 bits per heavy atom. The van der Waals surface area contributed by atoms with Gasteiger partial charge < -0.3 is 5.32 Å². The van der Waals surface area contributed by atoms with E-state index in [2.05, 4.69) is 30.6 Å². The zero-order valence-corrected chi connectivity index (χ0v) is 11.8. The molecule has 0 heterocycles. The summed E-state index contributed by atoms with van der Waals surface area (Å²) in [5.41, 5.74) is 1.95. The van der Waals surface area contributed by atoms with Crippen LogP contribution in [0.1, 0.15) is 43.4 Å². The zero-order valence-electron chi connectivity index (χ0n) is 11.0. The van der Waals surface area contributed by atoms with E-state index in [-0.39, 0.29) is 0 Å². The van der Waals surface area contributed by atoms with Crippen molar-refractivity contribution in [1.29, 1.82) is 5.26 Å². The molecular formula is C15H20N2S. The number of hydrogen-bond acceptors (Lipinski definition) is 3. The maximum Gasteiger partial charge on any atom is 0.0991 e. The Kier molecular flexibility index (Phi) is 4.68. The first-order valence-electron chi connectivity index (χ1n) is 6.53. The molecule has 0 spiro atoms. The van der Waals surface area contributed by atoms with Crippen LogP contribution < -0.4 is 5.32 Å². The van der Waals surface area contributed by atoms with Crippen LogP contribution >= 0.6 is 11.8 Å². The van der Waals surface area contributed by atoms with Crippen LogP contribution in [0.25, 0.3) is 0 Å². The van der Waals surface area contributed by atoms with Crippen LogP contribution in [-0.2, 0) is 0 Å². The lowest BCUT2D eigenvalue weighted by Gasteiger charge is -2.24. The van der Waals surface area contributed by atoms with E-state index in [1.807, 2.05) is 30.0 Å². The molecule has 2 nitrogen and oxygen atoms in total. The highest BCUT2D eigenvalue weighted by Crippen LogP contribution is 2.30. The van der Waals surface area contributed by atoms with Gasteiger partial charge in [-0.05, 0) is 43.7 Å². The van der Waals surface area contributed by atoms with Gasteiger partial charge in [0.2, 0.25) is 0 Å². The average Bonchev–Trinajstić information content (AvgIpc) is 2.86. The first-order chi connectivity index (χ1) is 8.74. The minimum atomic E-state index is 0.316. The Morgan fingerprint density at radius 3 is 3.00 bits per heavy atom. The summed E-state index contributed by atoms with van der Waals surface area (Å²) in [5, 5.41) is 13.4. The quantitative estimate of drug-likeness (QED) is 0.900. The van der Waals surface area contributed by atoms with Gasteiger partial charge in [-0.1, -0.05) is 18.6 Å². The third kappa shape index (κ3) is 3.07. The highest BCUT2D eigenvalue weighted by atomic mass is 32.2. The van der Waals surface area contributed by atoms with Gasteiger partial charge in [0, 0.05) is 17.3 Å². The van der Waals surface area contributed by atoms with E-state index in [0.29, 0.717) is 12.1 Å². The second-order valence-corrected chi connectivity index (χ2v) is 6.01. The van der Waals surface area contributed by atoms with Crippen molar-refractivity contribution in [3.63, 3.8) is 0 Å². The van der Waals surface area contributed by atoms with Gasteiger partial charge in [0.05, 0.1) is 11.6 Å². The second-order valence-electron chi connectivity index (χ2n) is 4.94. The van der Waals surface area contributed by atoms with Crippen LogP contribution in [0.2, 0.25) is 0 Å². The maximum absolute atomic E-state index is 8.93. The predicted molar refractivity (Wildman–Crippen MR) is 77.6 cm³/mol. The Morgan fingerprint density at radius 2 is 2.28 bits per heavy atom. The summed E-state index contributed by atoms with van der Waals surface area (Å²) >= 11 is 1.97. The van der Waals surface area contributed by atoms with Gasteiger partial charge >= 0.3 is 0 Å². The highest BCUT2D eigenvalue weighted by molar-refractivity contribution is 7.99. The lowest BCUT2D eigenvalue weighted by Crippen LogP contribution is -2.35. The normalized spacial score (nSPS) is 24.7. The Balaban J connectivity index is 2.03. The molecule has 3 unspecified atom stereocenters. The molecule has 2 rings (SSSR count). The van der Waals surface area contributed by atoms with E-state index in [9.17, 15) is 0 Å².